The van der Waals surface area contributed by atoms with Crippen molar-refractivity contribution in [3.05, 3.63) is 0 Å². The standard InChI is InChI=1S/C12H24NO8P.Na/c1-2-3-4-7-12(15)20-9-6-5-8-13(16)11(14)10-21-22(17,18)19;/h16H,2-10H2,1H3,(H2,17,18,19);/q;+1/p-1. The number of hydroxylamine groups is 2. The molecular formula is C12H23NNaO8P. The Bertz CT molecular complexity index is 389. The zero-order valence-electron chi connectivity index (χ0n) is 13.6. The van der Waals surface area contributed by atoms with E-state index in [-0.39, 0.29) is 48.7 Å². The molecule has 1 unspecified atom stereocenters. The molecule has 0 spiro atoms. The topological polar surface area (TPSA) is 136 Å². The van der Waals surface area contributed by atoms with Gasteiger partial charge in [0.05, 0.1) is 6.61 Å². The molecule has 0 bridgehead atoms. The van der Waals surface area contributed by atoms with Crippen LogP contribution in [0.15, 0.2) is 0 Å². The fourth-order valence-electron chi connectivity index (χ4n) is 1.48. The van der Waals surface area contributed by atoms with Crippen LogP contribution in [0.4, 0.5) is 0 Å². The maximum atomic E-state index is 11.3. The predicted molar refractivity (Wildman–Crippen MR) is 73.6 cm³/mol. The molecule has 2 N–H and O–H groups in total. The van der Waals surface area contributed by atoms with Crippen molar-refractivity contribution in [1.29, 1.82) is 0 Å². The molecule has 0 aliphatic heterocycles. The molecule has 0 aliphatic carbocycles. The van der Waals surface area contributed by atoms with Crippen molar-refractivity contribution in [2.75, 3.05) is 19.8 Å². The van der Waals surface area contributed by atoms with Gasteiger partial charge in [0.15, 0.2) is 0 Å². The van der Waals surface area contributed by atoms with Gasteiger partial charge in [0.2, 0.25) is 0 Å². The molecule has 23 heavy (non-hydrogen) atoms. The first kappa shape index (κ1) is 25.3. The Morgan fingerprint density at radius 2 is 1.87 bits per heavy atom. The average Bonchev–Trinajstić information content (AvgIpc) is 2.43. The van der Waals surface area contributed by atoms with Crippen LogP contribution in [0.3, 0.4) is 0 Å². The summed E-state index contributed by atoms with van der Waals surface area (Å²) >= 11 is 0. The molecule has 0 heterocycles. The van der Waals surface area contributed by atoms with Gasteiger partial charge in [-0.3, -0.25) is 19.4 Å². The summed E-state index contributed by atoms with van der Waals surface area (Å²) in [6.45, 7) is 1.19. The number of unbranched alkanes of at least 4 members (excludes halogenated alkanes) is 3. The number of rotatable bonds is 12. The van der Waals surface area contributed by atoms with Crippen molar-refractivity contribution in [1.82, 2.24) is 5.06 Å². The first-order chi connectivity index (χ1) is 10.3. The minimum atomic E-state index is -4.98. The van der Waals surface area contributed by atoms with E-state index in [1.807, 2.05) is 6.92 Å². The molecule has 130 valence electrons. The Balaban J connectivity index is 0. The van der Waals surface area contributed by atoms with Gasteiger partial charge in [0, 0.05) is 13.0 Å². The summed E-state index contributed by atoms with van der Waals surface area (Å²) in [5.74, 6) is -1.27. The van der Waals surface area contributed by atoms with Crippen LogP contribution in [0.5, 0.6) is 0 Å². The van der Waals surface area contributed by atoms with Crippen molar-refractivity contribution < 1.29 is 68.0 Å². The summed E-state index contributed by atoms with van der Waals surface area (Å²) in [6, 6.07) is 0. The second kappa shape index (κ2) is 14.4. The van der Waals surface area contributed by atoms with E-state index in [1.54, 1.807) is 0 Å². The van der Waals surface area contributed by atoms with Crippen LogP contribution in [-0.4, -0.2) is 46.8 Å². The summed E-state index contributed by atoms with van der Waals surface area (Å²) < 4.78 is 19.1. The molecule has 1 atom stereocenters. The molecular weight excluding hydrogens is 340 g/mol. The van der Waals surface area contributed by atoms with E-state index in [2.05, 4.69) is 4.52 Å². The summed E-state index contributed by atoms with van der Waals surface area (Å²) in [6.07, 6.45) is 3.98. The molecule has 1 amide bonds. The third kappa shape index (κ3) is 16.6. The Morgan fingerprint density at radius 1 is 1.22 bits per heavy atom. The number of phosphoric acid groups is 1. The van der Waals surface area contributed by atoms with Crippen molar-refractivity contribution in [3.63, 3.8) is 0 Å². The molecule has 0 saturated heterocycles. The van der Waals surface area contributed by atoms with E-state index in [4.69, 9.17) is 9.63 Å². The fraction of sp³-hybridized carbons (Fsp3) is 0.833. The van der Waals surface area contributed by atoms with Gasteiger partial charge in [-0.1, -0.05) is 19.8 Å². The molecule has 0 aromatic rings. The second-order valence-electron chi connectivity index (χ2n) is 4.64. The minimum absolute atomic E-state index is 0. The predicted octanol–water partition coefficient (Wildman–Crippen LogP) is -2.41. The number of hydrogen-bond donors (Lipinski definition) is 2. The summed E-state index contributed by atoms with van der Waals surface area (Å²) in [5.41, 5.74) is 0. The van der Waals surface area contributed by atoms with E-state index < -0.39 is 20.3 Å². The minimum Gasteiger partial charge on any atom is -0.756 e. The number of carbonyl (C=O) groups excluding carboxylic acids is 2. The van der Waals surface area contributed by atoms with Gasteiger partial charge in [0.1, 0.15) is 6.61 Å². The van der Waals surface area contributed by atoms with Crippen LogP contribution in [0.25, 0.3) is 0 Å². The van der Waals surface area contributed by atoms with Crippen molar-refractivity contribution in [2.45, 2.75) is 45.4 Å². The van der Waals surface area contributed by atoms with Gasteiger partial charge >= 0.3 is 35.5 Å². The van der Waals surface area contributed by atoms with Crippen LogP contribution in [0.2, 0.25) is 0 Å². The fourth-order valence-corrected chi connectivity index (χ4v) is 1.75. The third-order valence-electron chi connectivity index (χ3n) is 2.65. The van der Waals surface area contributed by atoms with Gasteiger partial charge in [-0.15, -0.1) is 0 Å². The number of carbonyl (C=O) groups is 2. The maximum absolute atomic E-state index is 11.3. The van der Waals surface area contributed by atoms with E-state index in [9.17, 15) is 24.3 Å². The van der Waals surface area contributed by atoms with E-state index in [0.29, 0.717) is 24.3 Å². The van der Waals surface area contributed by atoms with E-state index in [0.717, 1.165) is 19.3 Å². The Hall–Kier alpha value is 0.01000. The van der Waals surface area contributed by atoms with Crippen LogP contribution >= 0.6 is 7.82 Å². The number of hydrogen-bond acceptors (Lipinski definition) is 7. The molecule has 0 aliphatic rings. The summed E-state index contributed by atoms with van der Waals surface area (Å²) in [5, 5.41) is 9.58. The van der Waals surface area contributed by atoms with E-state index in [1.165, 1.54) is 0 Å². The van der Waals surface area contributed by atoms with Gasteiger partial charge < -0.3 is 19.0 Å². The zero-order valence-corrected chi connectivity index (χ0v) is 16.5. The Morgan fingerprint density at radius 3 is 2.43 bits per heavy atom. The zero-order chi connectivity index (χ0) is 17.0. The van der Waals surface area contributed by atoms with Crippen molar-refractivity contribution >= 4 is 19.7 Å². The first-order valence-corrected chi connectivity index (χ1v) is 8.59. The van der Waals surface area contributed by atoms with Gasteiger partial charge in [0.25, 0.3) is 13.7 Å². The van der Waals surface area contributed by atoms with Crippen LogP contribution in [0, 0.1) is 0 Å². The molecule has 11 heteroatoms. The van der Waals surface area contributed by atoms with Gasteiger partial charge in [-0.2, -0.15) is 0 Å². The van der Waals surface area contributed by atoms with Crippen LogP contribution < -0.4 is 34.5 Å². The molecule has 0 rings (SSSR count). The number of amides is 1. The smallest absolute Gasteiger partial charge is 0.756 e. The summed E-state index contributed by atoms with van der Waals surface area (Å²) in [4.78, 5) is 41.0. The van der Waals surface area contributed by atoms with Crippen LogP contribution in [-0.2, 0) is 23.4 Å². The Labute approximate surface area is 157 Å². The monoisotopic (exact) mass is 363 g/mol. The maximum Gasteiger partial charge on any atom is 1.00 e. The third-order valence-corrected chi connectivity index (χ3v) is 3.11. The SMILES string of the molecule is CCCCCC(=O)OCCCCN(O)C(=O)COP(=O)([O-])O.[Na+]. The molecule has 0 saturated carbocycles. The van der Waals surface area contributed by atoms with Crippen molar-refractivity contribution in [3.8, 4) is 0 Å². The number of ether oxygens (including phenoxy) is 1. The van der Waals surface area contributed by atoms with Gasteiger partial charge in [-0.25, -0.2) is 5.06 Å². The molecule has 0 radical (unpaired) electrons. The van der Waals surface area contributed by atoms with Crippen LogP contribution in [0.1, 0.15) is 45.4 Å². The molecule has 0 fully saturated rings. The first-order valence-electron chi connectivity index (χ1n) is 7.09. The second-order valence-corrected chi connectivity index (χ2v) is 5.84. The average molecular weight is 363 g/mol. The van der Waals surface area contributed by atoms with E-state index >= 15 is 0 Å². The van der Waals surface area contributed by atoms with Crippen molar-refractivity contribution in [2.24, 2.45) is 0 Å². The normalized spacial score (nSPS) is 12.9. The van der Waals surface area contributed by atoms with Gasteiger partial charge in [-0.05, 0) is 19.3 Å². The molecule has 0 aromatic carbocycles. The largest absolute Gasteiger partial charge is 1.00 e. The summed E-state index contributed by atoms with van der Waals surface area (Å²) in [7, 11) is -4.98. The quantitative estimate of drug-likeness (QED) is 0.0977. The number of nitrogens with zero attached hydrogens (tertiary/aromatic N) is 1. The molecule has 9 nitrogen and oxygen atoms in total. The molecule has 0 aromatic heterocycles. The number of phosphoric ester groups is 1. The number of esters is 1. The Kier molecular flexibility index (Phi) is 15.8.